The molecule has 21 heavy (non-hydrogen) atoms. The van der Waals surface area contributed by atoms with Crippen LogP contribution in [-0.2, 0) is 16.6 Å². The Morgan fingerprint density at radius 3 is 2.90 bits per heavy atom. The van der Waals surface area contributed by atoms with Crippen LogP contribution in [0.3, 0.4) is 0 Å². The third-order valence-corrected chi connectivity index (χ3v) is 6.10. The fourth-order valence-corrected chi connectivity index (χ4v) is 4.76. The molecule has 1 aliphatic rings. The highest BCUT2D eigenvalue weighted by atomic mass is 79.9. The Kier molecular flexibility index (Phi) is 5.85. The minimum atomic E-state index is -3.49. The first-order chi connectivity index (χ1) is 9.92. The Labute approximate surface area is 135 Å². The molecule has 0 amide bonds. The Balaban J connectivity index is 1.99. The summed E-state index contributed by atoms with van der Waals surface area (Å²) in [5.74, 6) is 1.16. The number of aromatic nitrogens is 2. The number of sulfonamides is 1. The van der Waals surface area contributed by atoms with Crippen molar-refractivity contribution in [2.45, 2.75) is 62.3 Å². The zero-order valence-electron chi connectivity index (χ0n) is 12.7. The third-order valence-electron chi connectivity index (χ3n) is 3.97. The van der Waals surface area contributed by atoms with Gasteiger partial charge in [-0.05, 0) is 38.5 Å². The van der Waals surface area contributed by atoms with Gasteiger partial charge in [0.25, 0.3) is 10.0 Å². The third kappa shape index (κ3) is 4.53. The highest BCUT2D eigenvalue weighted by Crippen LogP contribution is 2.28. The van der Waals surface area contributed by atoms with E-state index in [1.165, 1.54) is 6.42 Å². The number of imidazole rings is 1. The van der Waals surface area contributed by atoms with Crippen molar-refractivity contribution in [1.82, 2.24) is 14.3 Å². The van der Waals surface area contributed by atoms with E-state index in [4.69, 9.17) is 0 Å². The second kappa shape index (κ2) is 7.24. The van der Waals surface area contributed by atoms with Crippen LogP contribution in [0.25, 0.3) is 0 Å². The monoisotopic (exact) mass is 377 g/mol. The molecule has 1 aliphatic carbocycles. The summed E-state index contributed by atoms with van der Waals surface area (Å²) in [6.07, 6.45) is 7.06. The van der Waals surface area contributed by atoms with Crippen LogP contribution in [0.15, 0.2) is 11.2 Å². The molecule has 2 atom stereocenters. The van der Waals surface area contributed by atoms with E-state index >= 15 is 0 Å². The number of nitrogens with zero attached hydrogens (tertiary/aromatic N) is 2. The van der Waals surface area contributed by atoms with Crippen LogP contribution in [0.4, 0.5) is 0 Å². The highest BCUT2D eigenvalue weighted by molar-refractivity contribution is 9.09. The van der Waals surface area contributed by atoms with Crippen LogP contribution in [0.1, 0.15) is 44.9 Å². The lowest BCUT2D eigenvalue weighted by Crippen LogP contribution is -2.32. The number of aryl methyl sites for hydroxylation is 2. The van der Waals surface area contributed by atoms with E-state index in [0.29, 0.717) is 17.3 Å². The molecule has 1 heterocycles. The molecule has 0 spiro atoms. The molecule has 1 aromatic rings. The van der Waals surface area contributed by atoms with Gasteiger partial charge in [0.1, 0.15) is 5.82 Å². The van der Waals surface area contributed by atoms with Crippen LogP contribution < -0.4 is 4.72 Å². The maximum Gasteiger partial charge on any atom is 0.259 e. The molecule has 5 nitrogen and oxygen atoms in total. The molecular weight excluding hydrogens is 354 g/mol. The minimum Gasteiger partial charge on any atom is -0.334 e. The van der Waals surface area contributed by atoms with E-state index in [-0.39, 0.29) is 5.03 Å². The molecule has 0 saturated heterocycles. The van der Waals surface area contributed by atoms with E-state index in [9.17, 15) is 8.42 Å². The van der Waals surface area contributed by atoms with Gasteiger partial charge in [0, 0.05) is 24.1 Å². The fourth-order valence-electron chi connectivity index (χ4n) is 2.79. The topological polar surface area (TPSA) is 64.0 Å². The van der Waals surface area contributed by atoms with Gasteiger partial charge in [-0.25, -0.2) is 18.1 Å². The summed E-state index contributed by atoms with van der Waals surface area (Å²) in [6.45, 7) is 5.20. The molecule has 120 valence electrons. The molecule has 7 heteroatoms. The van der Waals surface area contributed by atoms with Gasteiger partial charge in [-0.3, -0.25) is 0 Å². The van der Waals surface area contributed by atoms with Crippen molar-refractivity contribution >= 4 is 26.0 Å². The van der Waals surface area contributed by atoms with Gasteiger partial charge in [0.15, 0.2) is 5.03 Å². The summed E-state index contributed by atoms with van der Waals surface area (Å²) in [6, 6.07) is 0. The molecular formula is C14H24BrN3O2S. The summed E-state index contributed by atoms with van der Waals surface area (Å²) in [4.78, 5) is 4.70. The van der Waals surface area contributed by atoms with Crippen LogP contribution in [0.2, 0.25) is 0 Å². The van der Waals surface area contributed by atoms with E-state index in [1.807, 2.05) is 11.5 Å². The lowest BCUT2D eigenvalue weighted by atomic mass is 9.89. The number of rotatable bonds is 6. The van der Waals surface area contributed by atoms with Crippen molar-refractivity contribution in [3.63, 3.8) is 0 Å². The lowest BCUT2D eigenvalue weighted by molar-refractivity contribution is 0.367. The van der Waals surface area contributed by atoms with Crippen molar-refractivity contribution in [3.05, 3.63) is 12.0 Å². The lowest BCUT2D eigenvalue weighted by Gasteiger charge is -2.25. The Morgan fingerprint density at radius 1 is 1.48 bits per heavy atom. The molecule has 0 radical (unpaired) electrons. The number of nitrogens with one attached hydrogen (secondary N) is 1. The van der Waals surface area contributed by atoms with Gasteiger partial charge >= 0.3 is 0 Å². The maximum absolute atomic E-state index is 12.3. The largest absolute Gasteiger partial charge is 0.334 e. The van der Waals surface area contributed by atoms with Crippen molar-refractivity contribution in [1.29, 1.82) is 0 Å². The molecule has 0 aromatic carbocycles. The summed E-state index contributed by atoms with van der Waals surface area (Å²) >= 11 is 3.63. The predicted octanol–water partition coefficient (Wildman–Crippen LogP) is 2.83. The average molecular weight is 378 g/mol. The summed E-state index contributed by atoms with van der Waals surface area (Å²) < 4.78 is 29.3. The van der Waals surface area contributed by atoms with Crippen LogP contribution in [-0.4, -0.2) is 29.3 Å². The van der Waals surface area contributed by atoms with Crippen molar-refractivity contribution in [2.75, 3.05) is 6.54 Å². The van der Waals surface area contributed by atoms with E-state index < -0.39 is 10.0 Å². The van der Waals surface area contributed by atoms with Crippen molar-refractivity contribution in [3.8, 4) is 0 Å². The van der Waals surface area contributed by atoms with E-state index in [0.717, 1.165) is 38.1 Å². The van der Waals surface area contributed by atoms with Crippen LogP contribution in [0, 0.1) is 12.8 Å². The van der Waals surface area contributed by atoms with Crippen LogP contribution in [0.5, 0.6) is 0 Å². The second-order valence-corrected chi connectivity index (χ2v) is 8.81. The molecule has 2 rings (SSSR count). The average Bonchev–Trinajstić information content (AvgIpc) is 2.80. The van der Waals surface area contributed by atoms with E-state index in [2.05, 4.69) is 32.6 Å². The van der Waals surface area contributed by atoms with Gasteiger partial charge in [-0.2, -0.15) is 0 Å². The zero-order chi connectivity index (χ0) is 15.5. The summed E-state index contributed by atoms with van der Waals surface area (Å²) in [7, 11) is -3.49. The van der Waals surface area contributed by atoms with Gasteiger partial charge < -0.3 is 4.57 Å². The van der Waals surface area contributed by atoms with Gasteiger partial charge in [-0.1, -0.05) is 29.3 Å². The van der Waals surface area contributed by atoms with Gasteiger partial charge in [-0.15, -0.1) is 0 Å². The smallest absolute Gasteiger partial charge is 0.259 e. The van der Waals surface area contributed by atoms with Gasteiger partial charge in [0.05, 0.1) is 0 Å². The number of alkyl halides is 1. The first-order valence-corrected chi connectivity index (χ1v) is 9.99. The highest BCUT2D eigenvalue weighted by Gasteiger charge is 2.24. The standard InChI is InChI=1S/C14H24BrN3O2S/c1-3-7-18-10-14(17-11(18)2)21(19,20)16-9-12-5-4-6-13(15)8-12/h10,12-13,16H,3-9H2,1-2H3. The Bertz CT molecular complexity index is 571. The second-order valence-electron chi connectivity index (χ2n) is 5.80. The minimum absolute atomic E-state index is 0.139. The first-order valence-electron chi connectivity index (χ1n) is 7.60. The zero-order valence-corrected chi connectivity index (χ0v) is 15.1. The first kappa shape index (κ1) is 17.0. The van der Waals surface area contributed by atoms with Gasteiger partial charge in [0.2, 0.25) is 0 Å². The van der Waals surface area contributed by atoms with Crippen LogP contribution >= 0.6 is 15.9 Å². The summed E-state index contributed by atoms with van der Waals surface area (Å²) in [5.41, 5.74) is 0. The summed E-state index contributed by atoms with van der Waals surface area (Å²) in [5, 5.41) is 0.139. The quantitative estimate of drug-likeness (QED) is 0.775. The molecule has 0 aliphatic heterocycles. The molecule has 1 fully saturated rings. The molecule has 1 aromatic heterocycles. The number of halogens is 1. The molecule has 1 saturated carbocycles. The molecule has 1 N–H and O–H groups in total. The number of hydrogen-bond acceptors (Lipinski definition) is 3. The number of hydrogen-bond donors (Lipinski definition) is 1. The van der Waals surface area contributed by atoms with Crippen molar-refractivity contribution < 1.29 is 8.42 Å². The van der Waals surface area contributed by atoms with Crippen molar-refractivity contribution in [2.24, 2.45) is 5.92 Å². The maximum atomic E-state index is 12.3. The molecule has 0 bridgehead atoms. The predicted molar refractivity (Wildman–Crippen MR) is 87.1 cm³/mol. The normalized spacial score (nSPS) is 23.4. The Hall–Kier alpha value is -0.400. The molecule has 2 unspecified atom stereocenters. The Morgan fingerprint density at radius 2 is 2.24 bits per heavy atom. The van der Waals surface area contributed by atoms with E-state index in [1.54, 1.807) is 6.20 Å². The SMILES string of the molecule is CCCn1cc(S(=O)(=O)NCC2CCCC(Br)C2)nc1C. The fraction of sp³-hybridized carbons (Fsp3) is 0.786.